The van der Waals surface area contributed by atoms with E-state index < -0.39 is 5.82 Å². The van der Waals surface area contributed by atoms with Crippen LogP contribution < -0.4 is 15.2 Å². The molecule has 5 rings (SSSR count). The maximum atomic E-state index is 14.3. The van der Waals surface area contributed by atoms with Gasteiger partial charge in [-0.3, -0.25) is 9.20 Å². The highest BCUT2D eigenvalue weighted by Crippen LogP contribution is 2.36. The number of aromatic nitrogens is 5. The van der Waals surface area contributed by atoms with Crippen LogP contribution in [0.15, 0.2) is 73.6 Å². The summed E-state index contributed by atoms with van der Waals surface area (Å²) in [6.07, 6.45) is 12.8. The van der Waals surface area contributed by atoms with E-state index in [-0.39, 0.29) is 24.1 Å². The SMILES string of the molecule is C=C/C(=C\C=C(/C)Oc1cc(F)cc(OCc2cnc(C)nc2)c1)c1nc(C2CC(=O)C2)n2ccnc(N)c12. The summed E-state index contributed by atoms with van der Waals surface area (Å²) in [7, 11) is 0. The Kier molecular flexibility index (Phi) is 7.18. The molecule has 0 radical (unpaired) electrons. The summed E-state index contributed by atoms with van der Waals surface area (Å²) in [6, 6.07) is 4.17. The van der Waals surface area contributed by atoms with Crippen molar-refractivity contribution in [2.24, 2.45) is 0 Å². The number of nitrogens with two attached hydrogens (primary N) is 1. The Morgan fingerprint density at radius 1 is 1.18 bits per heavy atom. The number of ether oxygens (including phenoxy) is 2. The maximum Gasteiger partial charge on any atom is 0.150 e. The van der Waals surface area contributed by atoms with Crippen LogP contribution in [0.5, 0.6) is 11.5 Å². The van der Waals surface area contributed by atoms with E-state index in [4.69, 9.17) is 20.2 Å². The van der Waals surface area contributed by atoms with Crippen molar-refractivity contribution >= 4 is 22.7 Å². The van der Waals surface area contributed by atoms with Crippen LogP contribution in [0.3, 0.4) is 0 Å². The number of halogens is 1. The van der Waals surface area contributed by atoms with Gasteiger partial charge in [-0.2, -0.15) is 0 Å². The number of hydrogen-bond acceptors (Lipinski definition) is 8. The first kappa shape index (κ1) is 25.8. The Labute approximate surface area is 224 Å². The molecule has 1 saturated carbocycles. The molecule has 1 aliphatic rings. The molecule has 2 N–H and O–H groups in total. The highest BCUT2D eigenvalue weighted by atomic mass is 19.1. The third kappa shape index (κ3) is 5.69. The zero-order valence-corrected chi connectivity index (χ0v) is 21.6. The number of allylic oxidation sites excluding steroid dienone is 5. The summed E-state index contributed by atoms with van der Waals surface area (Å²) in [6.45, 7) is 7.67. The largest absolute Gasteiger partial charge is 0.489 e. The number of Topliss-reactive ketones (excluding diaryl/α,β-unsaturated/α-hetero) is 1. The number of aryl methyl sites for hydroxylation is 1. The van der Waals surface area contributed by atoms with Crippen molar-refractivity contribution in [2.45, 2.75) is 39.2 Å². The second-order valence-corrected chi connectivity index (χ2v) is 9.25. The second-order valence-electron chi connectivity index (χ2n) is 9.25. The van der Waals surface area contributed by atoms with E-state index >= 15 is 0 Å². The predicted molar refractivity (Wildman–Crippen MR) is 144 cm³/mol. The van der Waals surface area contributed by atoms with Crippen LogP contribution in [0.2, 0.25) is 0 Å². The number of anilines is 1. The summed E-state index contributed by atoms with van der Waals surface area (Å²) in [5.74, 6) is 2.60. The summed E-state index contributed by atoms with van der Waals surface area (Å²) in [5, 5.41) is 0. The van der Waals surface area contributed by atoms with Crippen LogP contribution >= 0.6 is 0 Å². The van der Waals surface area contributed by atoms with E-state index in [0.29, 0.717) is 52.8 Å². The molecular weight excluding hydrogens is 499 g/mol. The molecule has 0 atom stereocenters. The summed E-state index contributed by atoms with van der Waals surface area (Å²) in [4.78, 5) is 28.9. The normalized spacial score (nSPS) is 14.4. The first-order valence-corrected chi connectivity index (χ1v) is 12.3. The van der Waals surface area contributed by atoms with Crippen molar-refractivity contribution in [3.8, 4) is 11.5 Å². The minimum atomic E-state index is -0.493. The zero-order valence-electron chi connectivity index (χ0n) is 21.6. The lowest BCUT2D eigenvalue weighted by molar-refractivity contribution is -0.124. The van der Waals surface area contributed by atoms with E-state index in [2.05, 4.69) is 21.5 Å². The lowest BCUT2D eigenvalue weighted by Gasteiger charge is -2.22. The maximum absolute atomic E-state index is 14.3. The van der Waals surface area contributed by atoms with Gasteiger partial charge < -0.3 is 15.2 Å². The van der Waals surface area contributed by atoms with E-state index in [0.717, 1.165) is 11.4 Å². The van der Waals surface area contributed by atoms with Crippen LogP contribution in [-0.4, -0.2) is 30.1 Å². The molecule has 4 aromatic rings. The topological polar surface area (TPSA) is 118 Å². The monoisotopic (exact) mass is 526 g/mol. The molecule has 0 unspecified atom stereocenters. The van der Waals surface area contributed by atoms with Crippen molar-refractivity contribution < 1.29 is 18.7 Å². The third-order valence-electron chi connectivity index (χ3n) is 6.28. The lowest BCUT2D eigenvalue weighted by Crippen LogP contribution is -2.23. The first-order valence-electron chi connectivity index (χ1n) is 12.3. The quantitative estimate of drug-likeness (QED) is 0.236. The van der Waals surface area contributed by atoms with Gasteiger partial charge in [-0.1, -0.05) is 12.7 Å². The molecule has 39 heavy (non-hydrogen) atoms. The fraction of sp³-hybridized carbons (Fsp3) is 0.207. The molecule has 1 aliphatic carbocycles. The molecule has 198 valence electrons. The lowest BCUT2D eigenvalue weighted by atomic mass is 9.83. The molecule has 0 amide bonds. The Balaban J connectivity index is 1.36. The average Bonchev–Trinajstić information content (AvgIpc) is 3.27. The Hall–Kier alpha value is -4.86. The van der Waals surface area contributed by atoms with Gasteiger partial charge in [0.2, 0.25) is 0 Å². The van der Waals surface area contributed by atoms with Crippen molar-refractivity contribution in [1.29, 1.82) is 0 Å². The number of benzene rings is 1. The number of rotatable bonds is 9. The van der Waals surface area contributed by atoms with Gasteiger partial charge >= 0.3 is 0 Å². The highest BCUT2D eigenvalue weighted by Gasteiger charge is 2.32. The third-order valence-corrected chi connectivity index (χ3v) is 6.28. The van der Waals surface area contributed by atoms with E-state index in [1.54, 1.807) is 62.9 Å². The van der Waals surface area contributed by atoms with Crippen LogP contribution in [0.1, 0.15) is 48.6 Å². The minimum absolute atomic E-state index is 0.0372. The second kappa shape index (κ2) is 10.9. The predicted octanol–water partition coefficient (Wildman–Crippen LogP) is 5.13. The number of carbonyl (C=O) groups excluding carboxylic acids is 1. The molecule has 9 nitrogen and oxygen atoms in total. The van der Waals surface area contributed by atoms with Crippen molar-refractivity contribution in [1.82, 2.24) is 24.3 Å². The average molecular weight is 527 g/mol. The van der Waals surface area contributed by atoms with Gasteiger partial charge in [-0.15, -0.1) is 0 Å². The van der Waals surface area contributed by atoms with Crippen molar-refractivity contribution in [2.75, 3.05) is 5.73 Å². The molecule has 0 saturated heterocycles. The number of nitrogens with zero attached hydrogens (tertiary/aromatic N) is 5. The van der Waals surface area contributed by atoms with E-state index in [9.17, 15) is 9.18 Å². The number of ketones is 1. The molecule has 0 bridgehead atoms. The van der Waals surface area contributed by atoms with Gasteiger partial charge in [0.15, 0.2) is 0 Å². The fourth-order valence-electron chi connectivity index (χ4n) is 4.26. The van der Waals surface area contributed by atoms with Gasteiger partial charge in [-0.25, -0.2) is 24.3 Å². The number of fused-ring (bicyclic) bond motifs is 1. The summed E-state index contributed by atoms with van der Waals surface area (Å²) < 4.78 is 27.7. The molecule has 0 spiro atoms. The number of carbonyl (C=O) groups is 1. The number of hydrogen-bond donors (Lipinski definition) is 1. The molecule has 1 aromatic carbocycles. The smallest absolute Gasteiger partial charge is 0.150 e. The van der Waals surface area contributed by atoms with Gasteiger partial charge in [-0.05, 0) is 26.0 Å². The van der Waals surface area contributed by atoms with Crippen LogP contribution in [-0.2, 0) is 11.4 Å². The molecule has 3 heterocycles. The fourth-order valence-corrected chi connectivity index (χ4v) is 4.26. The first-order chi connectivity index (χ1) is 18.8. The Bertz CT molecular complexity index is 1620. The molecule has 3 aromatic heterocycles. The molecular formula is C29H27FN6O3. The van der Waals surface area contributed by atoms with Gasteiger partial charge in [0, 0.05) is 72.9 Å². The van der Waals surface area contributed by atoms with E-state index in [1.807, 2.05) is 4.40 Å². The Morgan fingerprint density at radius 3 is 2.64 bits per heavy atom. The van der Waals surface area contributed by atoms with Crippen LogP contribution in [0.4, 0.5) is 10.2 Å². The van der Waals surface area contributed by atoms with Crippen LogP contribution in [0.25, 0.3) is 11.1 Å². The van der Waals surface area contributed by atoms with Crippen LogP contribution in [0, 0.1) is 12.7 Å². The Morgan fingerprint density at radius 2 is 1.92 bits per heavy atom. The number of imidazole rings is 1. The highest BCUT2D eigenvalue weighted by molar-refractivity contribution is 5.89. The van der Waals surface area contributed by atoms with Crippen molar-refractivity contribution in [3.05, 3.63) is 102 Å². The summed E-state index contributed by atoms with van der Waals surface area (Å²) in [5.41, 5.74) is 8.92. The summed E-state index contributed by atoms with van der Waals surface area (Å²) >= 11 is 0. The van der Waals surface area contributed by atoms with Gasteiger partial charge in [0.05, 0.1) is 0 Å². The van der Waals surface area contributed by atoms with Gasteiger partial charge in [0.25, 0.3) is 0 Å². The zero-order chi connectivity index (χ0) is 27.5. The molecule has 1 fully saturated rings. The standard InChI is InChI=1S/C29H27FN6O3/c1-4-20(26-27-28(31)32-7-8-36(27)29(35-26)21-9-23(37)10-21)6-5-17(2)39-25-12-22(30)11-24(13-25)38-16-19-14-33-18(3)34-15-19/h4-8,11-15,21H,1,9-10,16H2,2-3H3,(H2,31,32)/b17-5+,20-6+. The minimum Gasteiger partial charge on any atom is -0.489 e. The van der Waals surface area contributed by atoms with Crippen molar-refractivity contribution in [3.63, 3.8) is 0 Å². The molecule has 10 heteroatoms. The van der Waals surface area contributed by atoms with Gasteiger partial charge in [0.1, 0.15) is 64.1 Å². The molecule has 0 aliphatic heterocycles. The number of nitrogen functional groups attached to an aromatic ring is 1. The van der Waals surface area contributed by atoms with E-state index in [1.165, 1.54) is 12.1 Å².